The van der Waals surface area contributed by atoms with Gasteiger partial charge in [0.15, 0.2) is 0 Å². The Kier molecular flexibility index (Phi) is 2.87. The van der Waals surface area contributed by atoms with E-state index in [-0.39, 0.29) is 0 Å². The van der Waals surface area contributed by atoms with Gasteiger partial charge in [0.25, 0.3) is 0 Å². The van der Waals surface area contributed by atoms with Crippen LogP contribution in [0.2, 0.25) is 0 Å². The van der Waals surface area contributed by atoms with E-state index in [1.165, 1.54) is 6.42 Å². The summed E-state index contributed by atoms with van der Waals surface area (Å²) in [6, 6.07) is 12.5. The van der Waals surface area contributed by atoms with Crippen LogP contribution in [0.1, 0.15) is 31.2 Å². The van der Waals surface area contributed by atoms with E-state index in [1.807, 2.05) is 30.3 Å². The summed E-state index contributed by atoms with van der Waals surface area (Å²) in [5.41, 5.74) is 0.654. The molecular formula is C16H19NO. The van der Waals surface area contributed by atoms with Crippen LogP contribution in [0.25, 0.3) is 0 Å². The van der Waals surface area contributed by atoms with E-state index in [2.05, 4.69) is 6.07 Å². The molecule has 0 aliphatic heterocycles. The van der Waals surface area contributed by atoms with Crippen molar-refractivity contribution in [3.05, 3.63) is 35.9 Å². The summed E-state index contributed by atoms with van der Waals surface area (Å²) in [6.45, 7) is 0. The van der Waals surface area contributed by atoms with Crippen molar-refractivity contribution < 1.29 is 5.11 Å². The number of hydrogen-bond acceptors (Lipinski definition) is 2. The zero-order chi connectivity index (χ0) is 12.6. The van der Waals surface area contributed by atoms with Gasteiger partial charge in [-0.25, -0.2) is 0 Å². The monoisotopic (exact) mass is 241 g/mol. The van der Waals surface area contributed by atoms with Gasteiger partial charge in [-0.1, -0.05) is 36.8 Å². The van der Waals surface area contributed by atoms with Crippen molar-refractivity contribution in [2.45, 2.75) is 38.2 Å². The molecule has 94 valence electrons. The molecule has 2 saturated carbocycles. The van der Waals surface area contributed by atoms with Crippen molar-refractivity contribution >= 4 is 0 Å². The first-order chi connectivity index (χ1) is 8.74. The molecule has 1 aromatic carbocycles. The summed E-state index contributed by atoms with van der Waals surface area (Å²) in [7, 11) is 0. The van der Waals surface area contributed by atoms with Crippen LogP contribution in [-0.2, 0) is 6.42 Å². The molecule has 0 saturated heterocycles. The largest absolute Gasteiger partial charge is 0.391 e. The van der Waals surface area contributed by atoms with Crippen LogP contribution in [0.4, 0.5) is 0 Å². The van der Waals surface area contributed by atoms with Crippen molar-refractivity contribution in [2.75, 3.05) is 0 Å². The van der Waals surface area contributed by atoms with Crippen LogP contribution >= 0.6 is 0 Å². The highest BCUT2D eigenvalue weighted by Gasteiger charge is 2.55. The molecule has 1 N–H and O–H groups in total. The third kappa shape index (κ3) is 1.74. The summed E-state index contributed by atoms with van der Waals surface area (Å²) in [5, 5.41) is 20.1. The topological polar surface area (TPSA) is 44.0 Å². The fraction of sp³-hybridized carbons (Fsp3) is 0.562. The van der Waals surface area contributed by atoms with Crippen LogP contribution in [0.3, 0.4) is 0 Å². The number of aliphatic hydroxyl groups is 1. The Hall–Kier alpha value is -1.33. The third-order valence-electron chi connectivity index (χ3n) is 4.97. The summed E-state index contributed by atoms with van der Waals surface area (Å²) in [6.07, 6.45) is 4.54. The molecule has 0 heterocycles. The standard InChI is InChI=1S/C16H19NO/c17-11-16(10-13-6-7-14(16)8-13)15(18)9-12-4-2-1-3-5-12/h1-5,13-15,18H,6-10H2. The lowest BCUT2D eigenvalue weighted by molar-refractivity contribution is 0.0252. The number of aliphatic hydroxyl groups excluding tert-OH is 1. The average Bonchev–Trinajstić information content (AvgIpc) is 3.00. The first-order valence-corrected chi connectivity index (χ1v) is 6.88. The molecule has 2 heteroatoms. The average molecular weight is 241 g/mol. The second-order valence-electron chi connectivity index (χ2n) is 5.94. The van der Waals surface area contributed by atoms with Crippen molar-refractivity contribution in [2.24, 2.45) is 17.3 Å². The fourth-order valence-corrected chi connectivity index (χ4v) is 4.01. The number of nitriles is 1. The van der Waals surface area contributed by atoms with Gasteiger partial charge in [-0.05, 0) is 43.1 Å². The van der Waals surface area contributed by atoms with E-state index in [0.29, 0.717) is 18.3 Å². The van der Waals surface area contributed by atoms with Crippen molar-refractivity contribution in [1.82, 2.24) is 0 Å². The maximum absolute atomic E-state index is 10.6. The number of hydrogen-bond donors (Lipinski definition) is 1. The number of benzene rings is 1. The zero-order valence-corrected chi connectivity index (χ0v) is 10.5. The minimum Gasteiger partial charge on any atom is -0.391 e. The van der Waals surface area contributed by atoms with Gasteiger partial charge in [-0.3, -0.25) is 0 Å². The number of nitrogens with zero attached hydrogens (tertiary/aromatic N) is 1. The molecule has 0 amide bonds. The highest BCUT2D eigenvalue weighted by atomic mass is 16.3. The van der Waals surface area contributed by atoms with Crippen LogP contribution in [0.15, 0.2) is 30.3 Å². The lowest BCUT2D eigenvalue weighted by Gasteiger charge is -2.35. The minimum absolute atomic E-state index is 0.422. The molecule has 0 spiro atoms. The molecule has 1 aromatic rings. The molecule has 0 radical (unpaired) electrons. The maximum atomic E-state index is 10.6. The lowest BCUT2D eigenvalue weighted by atomic mass is 9.69. The van der Waals surface area contributed by atoms with Crippen LogP contribution in [0, 0.1) is 28.6 Å². The van der Waals surface area contributed by atoms with Crippen molar-refractivity contribution in [3.8, 4) is 6.07 Å². The second kappa shape index (κ2) is 4.40. The quantitative estimate of drug-likeness (QED) is 0.884. The van der Waals surface area contributed by atoms with E-state index in [0.717, 1.165) is 24.8 Å². The van der Waals surface area contributed by atoms with E-state index in [4.69, 9.17) is 0 Å². The smallest absolute Gasteiger partial charge is 0.0866 e. The second-order valence-corrected chi connectivity index (χ2v) is 5.94. The van der Waals surface area contributed by atoms with Gasteiger partial charge in [-0.15, -0.1) is 0 Å². The third-order valence-corrected chi connectivity index (χ3v) is 4.97. The molecule has 4 unspecified atom stereocenters. The Balaban J connectivity index is 1.79. The van der Waals surface area contributed by atoms with Gasteiger partial charge >= 0.3 is 0 Å². The normalized spacial score (nSPS) is 35.3. The molecule has 2 bridgehead atoms. The van der Waals surface area contributed by atoms with Crippen LogP contribution in [-0.4, -0.2) is 11.2 Å². The van der Waals surface area contributed by atoms with E-state index >= 15 is 0 Å². The Bertz CT molecular complexity index is 464. The number of rotatable bonds is 3. The first-order valence-electron chi connectivity index (χ1n) is 6.88. The van der Waals surface area contributed by atoms with E-state index in [1.54, 1.807) is 0 Å². The number of fused-ring (bicyclic) bond motifs is 2. The van der Waals surface area contributed by atoms with Gasteiger partial charge < -0.3 is 5.11 Å². The van der Waals surface area contributed by atoms with Gasteiger partial charge in [0.1, 0.15) is 0 Å². The lowest BCUT2D eigenvalue weighted by Crippen LogP contribution is -2.40. The zero-order valence-electron chi connectivity index (χ0n) is 10.5. The molecule has 2 aliphatic carbocycles. The van der Waals surface area contributed by atoms with Gasteiger partial charge in [0.05, 0.1) is 17.6 Å². The molecule has 2 nitrogen and oxygen atoms in total. The highest BCUT2D eigenvalue weighted by Crippen LogP contribution is 2.57. The molecule has 2 fully saturated rings. The first kappa shape index (κ1) is 11.7. The molecule has 2 aliphatic rings. The van der Waals surface area contributed by atoms with E-state index in [9.17, 15) is 10.4 Å². The molecule has 4 atom stereocenters. The van der Waals surface area contributed by atoms with Gasteiger partial charge in [0, 0.05) is 0 Å². The maximum Gasteiger partial charge on any atom is 0.0866 e. The van der Waals surface area contributed by atoms with Gasteiger partial charge in [0.2, 0.25) is 0 Å². The molecular weight excluding hydrogens is 222 g/mol. The van der Waals surface area contributed by atoms with Crippen LogP contribution < -0.4 is 0 Å². The summed E-state index contributed by atoms with van der Waals surface area (Å²) in [5.74, 6) is 1.10. The molecule has 18 heavy (non-hydrogen) atoms. The summed E-state index contributed by atoms with van der Waals surface area (Å²) < 4.78 is 0. The minimum atomic E-state index is -0.514. The summed E-state index contributed by atoms with van der Waals surface area (Å²) in [4.78, 5) is 0. The highest BCUT2D eigenvalue weighted by molar-refractivity contribution is 5.21. The molecule has 0 aromatic heterocycles. The Morgan fingerprint density at radius 1 is 1.33 bits per heavy atom. The Morgan fingerprint density at radius 2 is 2.11 bits per heavy atom. The van der Waals surface area contributed by atoms with Crippen molar-refractivity contribution in [1.29, 1.82) is 5.26 Å². The van der Waals surface area contributed by atoms with Crippen molar-refractivity contribution in [3.63, 3.8) is 0 Å². The summed E-state index contributed by atoms with van der Waals surface area (Å²) >= 11 is 0. The fourth-order valence-electron chi connectivity index (χ4n) is 4.01. The predicted octanol–water partition coefficient (Wildman–Crippen LogP) is 2.92. The Morgan fingerprint density at radius 3 is 2.67 bits per heavy atom. The Labute approximate surface area is 108 Å². The van der Waals surface area contributed by atoms with E-state index < -0.39 is 11.5 Å². The molecule has 3 rings (SSSR count). The predicted molar refractivity (Wildman–Crippen MR) is 69.6 cm³/mol. The SMILES string of the molecule is N#CC1(C(O)Cc2ccccc2)CC2CCC1C2. The van der Waals surface area contributed by atoms with Crippen LogP contribution in [0.5, 0.6) is 0 Å². The van der Waals surface area contributed by atoms with Gasteiger partial charge in [-0.2, -0.15) is 5.26 Å².